The number of aromatic nitrogens is 1. The molecule has 33 heavy (non-hydrogen) atoms. The van der Waals surface area contributed by atoms with Crippen molar-refractivity contribution in [3.8, 4) is 11.5 Å². The summed E-state index contributed by atoms with van der Waals surface area (Å²) in [6.07, 6.45) is 1.08. The molecule has 0 radical (unpaired) electrons. The highest BCUT2D eigenvalue weighted by Crippen LogP contribution is 2.38. The zero-order chi connectivity index (χ0) is 23.4. The molecule has 0 saturated carbocycles. The van der Waals surface area contributed by atoms with E-state index >= 15 is 0 Å². The Labute approximate surface area is 206 Å². The number of halogens is 2. The summed E-state index contributed by atoms with van der Waals surface area (Å²) in [6, 6.07) is 21.7. The number of fused-ring (bicyclic) bond motifs is 3. The number of hydrogen-bond donors (Lipinski definition) is 1. The molecule has 1 N–H and O–H groups in total. The smallest absolute Gasteiger partial charge is 0.298 e. The van der Waals surface area contributed by atoms with Gasteiger partial charge >= 0.3 is 0 Å². The number of carbonyl (C=O) groups is 1. The first kappa shape index (κ1) is 23.4. The molecule has 1 atom stereocenters. The largest absolute Gasteiger partial charge is 0.497 e. The first-order valence-corrected chi connectivity index (χ1v) is 11.7. The minimum Gasteiger partial charge on any atom is -0.497 e. The number of carbonyl (C=O) groups excluding carboxylic acids is 1. The molecule has 5 rings (SSSR count). The second kappa shape index (κ2) is 10.4. The maximum Gasteiger partial charge on any atom is 0.298 e. The van der Waals surface area contributed by atoms with Crippen LogP contribution < -0.4 is 9.47 Å². The third-order valence-electron chi connectivity index (χ3n) is 5.76. The van der Waals surface area contributed by atoms with E-state index in [0.29, 0.717) is 17.2 Å². The molecule has 2 heterocycles. The van der Waals surface area contributed by atoms with E-state index < -0.39 is 0 Å². The average molecular weight is 528 g/mol. The Hall–Kier alpha value is -2.80. The van der Waals surface area contributed by atoms with Gasteiger partial charge in [-0.2, -0.15) is 0 Å². The second-order valence-electron chi connectivity index (χ2n) is 7.78. The van der Waals surface area contributed by atoms with Crippen molar-refractivity contribution < 1.29 is 14.3 Å². The highest BCUT2D eigenvalue weighted by molar-refractivity contribution is 9.10. The van der Waals surface area contributed by atoms with Gasteiger partial charge in [0, 0.05) is 32.6 Å². The Morgan fingerprint density at radius 1 is 1.06 bits per heavy atom. The molecule has 0 bridgehead atoms. The van der Waals surface area contributed by atoms with E-state index in [4.69, 9.17) is 16.3 Å². The van der Waals surface area contributed by atoms with Gasteiger partial charge in [-0.15, -0.1) is 0 Å². The van der Waals surface area contributed by atoms with E-state index in [0.717, 1.165) is 23.2 Å². The Morgan fingerprint density at radius 2 is 1.76 bits per heavy atom. The van der Waals surface area contributed by atoms with E-state index in [9.17, 15) is 4.79 Å². The van der Waals surface area contributed by atoms with Crippen LogP contribution in [0.4, 0.5) is 0 Å². The summed E-state index contributed by atoms with van der Waals surface area (Å²) in [6.45, 7) is 1.44. The third kappa shape index (κ3) is 5.24. The standard InChI is InChI=1S/C19H19BrN2O.C7H5ClO2/c1-22-10-9-15-16-11-13(20)5-8-17(16)21-18(15)19(22)12-3-6-14(23-2)7-4-12;8-6-1-3-7(4-2-6)10-5-9/h3-8,11,19,21H,9-10H2,1-2H3;1-5H. The number of H-pyrrole nitrogens is 1. The van der Waals surface area contributed by atoms with Crippen LogP contribution in [0.15, 0.2) is 71.2 Å². The van der Waals surface area contributed by atoms with E-state index in [2.05, 4.69) is 67.9 Å². The van der Waals surface area contributed by atoms with Crippen molar-refractivity contribution in [1.29, 1.82) is 0 Å². The zero-order valence-corrected chi connectivity index (χ0v) is 20.7. The molecular formula is C26H24BrClN2O3. The highest BCUT2D eigenvalue weighted by Gasteiger charge is 2.29. The number of rotatable bonds is 4. The fraction of sp³-hybridized carbons (Fsp3) is 0.192. The van der Waals surface area contributed by atoms with Crippen LogP contribution in [0.25, 0.3) is 10.9 Å². The Morgan fingerprint density at radius 3 is 2.42 bits per heavy atom. The highest BCUT2D eigenvalue weighted by atomic mass is 79.9. The molecule has 1 aliphatic heterocycles. The molecule has 1 unspecified atom stereocenters. The normalized spacial score (nSPS) is 15.3. The lowest BCUT2D eigenvalue weighted by Gasteiger charge is -2.33. The number of ether oxygens (including phenoxy) is 2. The molecule has 170 valence electrons. The first-order valence-electron chi connectivity index (χ1n) is 10.5. The maximum atomic E-state index is 9.80. The van der Waals surface area contributed by atoms with E-state index in [1.165, 1.54) is 27.7 Å². The number of aromatic amines is 1. The number of nitrogens with zero attached hydrogens (tertiary/aromatic N) is 1. The van der Waals surface area contributed by atoms with Crippen molar-refractivity contribution in [2.75, 3.05) is 20.7 Å². The molecule has 7 heteroatoms. The molecule has 4 aromatic rings. The second-order valence-corrected chi connectivity index (χ2v) is 9.13. The van der Waals surface area contributed by atoms with E-state index in [1.807, 2.05) is 12.1 Å². The van der Waals surface area contributed by atoms with Crippen LogP contribution in [0.5, 0.6) is 11.5 Å². The number of methoxy groups -OCH3 is 1. The van der Waals surface area contributed by atoms with Crippen LogP contribution in [0, 0.1) is 0 Å². The summed E-state index contributed by atoms with van der Waals surface area (Å²) >= 11 is 9.16. The van der Waals surface area contributed by atoms with Gasteiger partial charge in [-0.05, 0) is 79.2 Å². The summed E-state index contributed by atoms with van der Waals surface area (Å²) in [5, 5.41) is 1.96. The summed E-state index contributed by atoms with van der Waals surface area (Å²) in [5.74, 6) is 1.40. The van der Waals surface area contributed by atoms with Crippen molar-refractivity contribution in [2.45, 2.75) is 12.5 Å². The predicted molar refractivity (Wildman–Crippen MR) is 135 cm³/mol. The van der Waals surface area contributed by atoms with Crippen LogP contribution in [0.1, 0.15) is 22.9 Å². The minimum absolute atomic E-state index is 0.260. The van der Waals surface area contributed by atoms with Crippen molar-refractivity contribution in [3.05, 3.63) is 93.0 Å². The molecule has 3 aromatic carbocycles. The molecule has 0 spiro atoms. The molecular weight excluding hydrogens is 504 g/mol. The summed E-state index contributed by atoms with van der Waals surface area (Å²) in [4.78, 5) is 15.9. The zero-order valence-electron chi connectivity index (χ0n) is 18.3. The van der Waals surface area contributed by atoms with Gasteiger partial charge in [0.15, 0.2) is 0 Å². The quantitative estimate of drug-likeness (QED) is 0.312. The monoisotopic (exact) mass is 526 g/mol. The van der Waals surface area contributed by atoms with Gasteiger partial charge in [0.2, 0.25) is 0 Å². The van der Waals surface area contributed by atoms with Crippen LogP contribution in [0.3, 0.4) is 0 Å². The number of likely N-dealkylation sites (N-methyl/N-ethyl adjacent to an activating group) is 1. The van der Waals surface area contributed by atoms with Crippen molar-refractivity contribution in [2.24, 2.45) is 0 Å². The van der Waals surface area contributed by atoms with Gasteiger partial charge in [-0.1, -0.05) is 39.7 Å². The van der Waals surface area contributed by atoms with Gasteiger partial charge in [0.05, 0.1) is 13.2 Å². The minimum atomic E-state index is 0.260. The van der Waals surface area contributed by atoms with Crippen LogP contribution in [-0.4, -0.2) is 37.1 Å². The third-order valence-corrected chi connectivity index (χ3v) is 6.50. The van der Waals surface area contributed by atoms with Gasteiger partial charge in [0.25, 0.3) is 6.47 Å². The van der Waals surface area contributed by atoms with Gasteiger partial charge < -0.3 is 14.5 Å². The van der Waals surface area contributed by atoms with Crippen molar-refractivity contribution in [1.82, 2.24) is 9.88 Å². The van der Waals surface area contributed by atoms with E-state index in [-0.39, 0.29) is 6.04 Å². The fourth-order valence-electron chi connectivity index (χ4n) is 4.16. The number of hydrogen-bond acceptors (Lipinski definition) is 4. The SMILES string of the molecule is COc1ccc(C2c3[nH]c4ccc(Br)cc4c3CCN2C)cc1.O=COc1ccc(Cl)cc1. The molecule has 1 aliphatic rings. The summed E-state index contributed by atoms with van der Waals surface area (Å²) in [7, 11) is 3.90. The van der Waals surface area contributed by atoms with Crippen LogP contribution in [-0.2, 0) is 11.2 Å². The van der Waals surface area contributed by atoms with Crippen LogP contribution in [0.2, 0.25) is 5.02 Å². The molecule has 0 amide bonds. The molecule has 0 saturated heterocycles. The van der Waals surface area contributed by atoms with Gasteiger partial charge in [-0.25, -0.2) is 0 Å². The molecule has 1 aromatic heterocycles. The maximum absolute atomic E-state index is 9.80. The molecule has 0 aliphatic carbocycles. The molecule has 5 nitrogen and oxygen atoms in total. The number of nitrogens with one attached hydrogen (secondary N) is 1. The summed E-state index contributed by atoms with van der Waals surface area (Å²) < 4.78 is 10.9. The van der Waals surface area contributed by atoms with Crippen molar-refractivity contribution in [3.63, 3.8) is 0 Å². The fourth-order valence-corrected chi connectivity index (χ4v) is 4.64. The average Bonchev–Trinajstić information content (AvgIpc) is 3.19. The topological polar surface area (TPSA) is 54.6 Å². The first-order chi connectivity index (χ1) is 16.0. The van der Waals surface area contributed by atoms with Gasteiger partial charge in [-0.3, -0.25) is 9.69 Å². The van der Waals surface area contributed by atoms with E-state index in [1.54, 1.807) is 31.4 Å². The predicted octanol–water partition coefficient (Wildman–Crippen LogP) is 6.39. The number of benzene rings is 3. The Bertz CT molecular complexity index is 1240. The Balaban J connectivity index is 0.000000219. The molecule has 0 fully saturated rings. The lowest BCUT2D eigenvalue weighted by Crippen LogP contribution is -2.32. The lowest BCUT2D eigenvalue weighted by molar-refractivity contribution is -0.120. The lowest BCUT2D eigenvalue weighted by atomic mass is 9.93. The summed E-state index contributed by atoms with van der Waals surface area (Å²) in [5.41, 5.74) is 5.27. The van der Waals surface area contributed by atoms with Crippen molar-refractivity contribution >= 4 is 44.9 Å². The van der Waals surface area contributed by atoms with Gasteiger partial charge in [0.1, 0.15) is 11.5 Å². The van der Waals surface area contributed by atoms with Crippen LogP contribution >= 0.6 is 27.5 Å². The Kier molecular flexibility index (Phi) is 7.38.